The summed E-state index contributed by atoms with van der Waals surface area (Å²) >= 11 is 1.51. The third kappa shape index (κ3) is 3.66. The molecule has 1 aromatic heterocycles. The molecule has 3 N–H and O–H groups in total. The molecule has 3 atom stereocenters. The van der Waals surface area contributed by atoms with Crippen molar-refractivity contribution < 1.29 is 14.3 Å². The second kappa shape index (κ2) is 7.84. The number of hydrogen-bond acceptors (Lipinski definition) is 6. The van der Waals surface area contributed by atoms with Crippen molar-refractivity contribution in [3.63, 3.8) is 0 Å². The van der Waals surface area contributed by atoms with Crippen LogP contribution in [0.15, 0.2) is 18.3 Å². The Kier molecular flexibility index (Phi) is 5.72. The Balaban J connectivity index is 1.76. The highest BCUT2D eigenvalue weighted by atomic mass is 32.2. The first kappa shape index (κ1) is 19.0. The first-order valence-electron chi connectivity index (χ1n) is 8.85. The van der Waals surface area contributed by atoms with Gasteiger partial charge >= 0.3 is 0 Å². The summed E-state index contributed by atoms with van der Waals surface area (Å²) in [6.07, 6.45) is 6.66. The van der Waals surface area contributed by atoms with E-state index in [0.717, 1.165) is 19.3 Å². The van der Waals surface area contributed by atoms with E-state index in [1.807, 2.05) is 11.2 Å². The van der Waals surface area contributed by atoms with Gasteiger partial charge in [-0.15, -0.1) is 0 Å². The molecule has 1 aliphatic heterocycles. The maximum absolute atomic E-state index is 13.0. The Labute approximate surface area is 158 Å². The maximum Gasteiger partial charge on any atom is 0.255 e. The zero-order valence-electron chi connectivity index (χ0n) is 15.2. The topological polar surface area (TPSA) is 97.5 Å². The third-order valence-corrected chi connectivity index (χ3v) is 6.08. The minimum atomic E-state index is -0.322. The summed E-state index contributed by atoms with van der Waals surface area (Å²) in [5, 5.41) is 3.10. The van der Waals surface area contributed by atoms with Crippen LogP contribution in [0.2, 0.25) is 0 Å². The number of carbonyl (C=O) groups is 2. The summed E-state index contributed by atoms with van der Waals surface area (Å²) in [5.74, 6) is 0.836. The number of thioether (sulfide) groups is 1. The van der Waals surface area contributed by atoms with Crippen LogP contribution in [0.3, 0.4) is 0 Å². The molecular weight excluding hydrogens is 352 g/mol. The molecule has 1 saturated carbocycles. The molecule has 1 aliphatic carbocycles. The van der Waals surface area contributed by atoms with Gasteiger partial charge in [-0.2, -0.15) is 11.8 Å². The Morgan fingerprint density at radius 1 is 1.46 bits per heavy atom. The first-order chi connectivity index (χ1) is 12.5. The molecule has 0 aromatic carbocycles. The van der Waals surface area contributed by atoms with Crippen LogP contribution in [0.5, 0.6) is 0 Å². The van der Waals surface area contributed by atoms with Gasteiger partial charge in [-0.1, -0.05) is 0 Å². The predicted molar refractivity (Wildman–Crippen MR) is 102 cm³/mol. The van der Waals surface area contributed by atoms with Gasteiger partial charge in [-0.3, -0.25) is 9.59 Å². The van der Waals surface area contributed by atoms with E-state index in [2.05, 4.69) is 10.3 Å². The molecule has 0 radical (unpaired) electrons. The molecule has 8 heteroatoms. The molecule has 142 valence electrons. The van der Waals surface area contributed by atoms with Crippen LogP contribution in [0, 0.1) is 0 Å². The highest BCUT2D eigenvalue weighted by molar-refractivity contribution is 7.99. The average Bonchev–Trinajstić information content (AvgIpc) is 3.01. The minimum absolute atomic E-state index is 0.0472. The molecule has 2 amide bonds. The molecule has 2 aliphatic rings. The molecule has 2 heterocycles. The maximum atomic E-state index is 13.0. The average molecular weight is 378 g/mol. The number of methoxy groups -OCH3 is 1. The fraction of sp³-hybridized carbons (Fsp3) is 0.611. The van der Waals surface area contributed by atoms with Crippen molar-refractivity contribution in [2.45, 2.75) is 43.4 Å². The molecule has 0 unspecified atom stereocenters. The standard InChI is InChI=1S/C18H26N4O3S/c1-25-18-6-5-13(21-16(23)11-26-2)9-14(18)22(8-7-18)17(24)12-3-4-15(19)20-10-12/h3-4,10,13-14H,5-9,11H2,1-2H3,(H2,19,20)(H,21,23)/t13-,14+,18-/m1/s1. The van der Waals surface area contributed by atoms with Crippen LogP contribution in [-0.4, -0.2) is 65.0 Å². The van der Waals surface area contributed by atoms with Gasteiger partial charge in [0.15, 0.2) is 0 Å². The fourth-order valence-electron chi connectivity index (χ4n) is 4.17. The first-order valence-corrected chi connectivity index (χ1v) is 10.2. The normalized spacial score (nSPS) is 27.8. The van der Waals surface area contributed by atoms with Crippen molar-refractivity contribution in [2.75, 3.05) is 31.4 Å². The van der Waals surface area contributed by atoms with E-state index in [1.54, 1.807) is 19.2 Å². The molecular formula is C18H26N4O3S. The van der Waals surface area contributed by atoms with E-state index in [0.29, 0.717) is 30.1 Å². The molecule has 0 bridgehead atoms. The zero-order valence-corrected chi connectivity index (χ0v) is 16.1. The van der Waals surface area contributed by atoms with Gasteiger partial charge in [0.05, 0.1) is 23.0 Å². The van der Waals surface area contributed by atoms with Gasteiger partial charge in [0.25, 0.3) is 5.91 Å². The zero-order chi connectivity index (χ0) is 18.7. The number of ether oxygens (including phenoxy) is 1. The second-order valence-corrected chi connectivity index (χ2v) is 7.84. The monoisotopic (exact) mass is 378 g/mol. The molecule has 3 rings (SSSR count). The Morgan fingerprint density at radius 2 is 2.27 bits per heavy atom. The van der Waals surface area contributed by atoms with Crippen LogP contribution in [0.4, 0.5) is 5.82 Å². The van der Waals surface area contributed by atoms with Crippen molar-refractivity contribution in [2.24, 2.45) is 0 Å². The minimum Gasteiger partial charge on any atom is -0.384 e. The lowest BCUT2D eigenvalue weighted by Crippen LogP contribution is -2.56. The van der Waals surface area contributed by atoms with Crippen molar-refractivity contribution in [1.82, 2.24) is 15.2 Å². The molecule has 1 aromatic rings. The van der Waals surface area contributed by atoms with Crippen LogP contribution in [0.1, 0.15) is 36.0 Å². The van der Waals surface area contributed by atoms with Crippen LogP contribution < -0.4 is 11.1 Å². The second-order valence-electron chi connectivity index (χ2n) is 6.98. The van der Waals surface area contributed by atoms with Crippen molar-refractivity contribution in [3.05, 3.63) is 23.9 Å². The Hall–Kier alpha value is -1.80. The highest BCUT2D eigenvalue weighted by Crippen LogP contribution is 2.43. The molecule has 7 nitrogen and oxygen atoms in total. The summed E-state index contributed by atoms with van der Waals surface area (Å²) in [4.78, 5) is 30.9. The smallest absolute Gasteiger partial charge is 0.255 e. The van der Waals surface area contributed by atoms with Crippen LogP contribution >= 0.6 is 11.8 Å². The predicted octanol–water partition coefficient (Wildman–Crippen LogP) is 1.30. The molecule has 2 fully saturated rings. The van der Waals surface area contributed by atoms with Crippen molar-refractivity contribution in [3.8, 4) is 0 Å². The number of fused-ring (bicyclic) bond motifs is 1. The number of nitrogens with one attached hydrogen (secondary N) is 1. The number of amides is 2. The van der Waals surface area contributed by atoms with E-state index in [4.69, 9.17) is 10.5 Å². The van der Waals surface area contributed by atoms with E-state index >= 15 is 0 Å². The Bertz CT molecular complexity index is 669. The number of rotatable bonds is 5. The van der Waals surface area contributed by atoms with E-state index in [1.165, 1.54) is 18.0 Å². The van der Waals surface area contributed by atoms with Gasteiger partial charge in [0, 0.05) is 25.9 Å². The molecule has 1 saturated heterocycles. The largest absolute Gasteiger partial charge is 0.384 e. The number of carbonyl (C=O) groups excluding carboxylic acids is 2. The number of hydrogen-bond donors (Lipinski definition) is 2. The van der Waals surface area contributed by atoms with E-state index < -0.39 is 0 Å². The van der Waals surface area contributed by atoms with Crippen LogP contribution in [-0.2, 0) is 9.53 Å². The van der Waals surface area contributed by atoms with Gasteiger partial charge in [0.1, 0.15) is 5.82 Å². The van der Waals surface area contributed by atoms with Gasteiger partial charge in [-0.05, 0) is 44.1 Å². The summed E-state index contributed by atoms with van der Waals surface area (Å²) in [6.45, 7) is 0.646. The SMILES string of the molecule is CO[C@@]12CC[C@@H](NC(=O)CSC)C[C@@H]1N(C(=O)c1ccc(N)nc1)CC2. The number of nitrogens with zero attached hydrogens (tertiary/aromatic N) is 2. The number of pyridine rings is 1. The summed E-state index contributed by atoms with van der Waals surface area (Å²) < 4.78 is 5.89. The number of nitrogen functional groups attached to an aromatic ring is 1. The van der Waals surface area contributed by atoms with Gasteiger partial charge in [0.2, 0.25) is 5.91 Å². The number of aromatic nitrogens is 1. The van der Waals surface area contributed by atoms with Crippen molar-refractivity contribution >= 4 is 29.4 Å². The summed E-state index contributed by atoms with van der Waals surface area (Å²) in [6, 6.07) is 3.36. The molecule has 26 heavy (non-hydrogen) atoms. The summed E-state index contributed by atoms with van der Waals surface area (Å²) in [7, 11) is 1.72. The lowest BCUT2D eigenvalue weighted by molar-refractivity contribution is -0.120. The van der Waals surface area contributed by atoms with Crippen molar-refractivity contribution in [1.29, 1.82) is 0 Å². The molecule has 0 spiro atoms. The number of likely N-dealkylation sites (tertiary alicyclic amines) is 1. The van der Waals surface area contributed by atoms with Crippen LogP contribution in [0.25, 0.3) is 0 Å². The van der Waals surface area contributed by atoms with E-state index in [-0.39, 0.29) is 29.5 Å². The summed E-state index contributed by atoms with van der Waals surface area (Å²) in [5.41, 5.74) is 5.83. The van der Waals surface area contributed by atoms with Gasteiger partial charge in [-0.25, -0.2) is 4.98 Å². The number of anilines is 1. The lowest BCUT2D eigenvalue weighted by Gasteiger charge is -2.43. The quantitative estimate of drug-likeness (QED) is 0.801. The lowest BCUT2D eigenvalue weighted by atomic mass is 9.78. The van der Waals surface area contributed by atoms with Gasteiger partial charge < -0.3 is 20.7 Å². The fourth-order valence-corrected chi connectivity index (χ4v) is 4.51. The Morgan fingerprint density at radius 3 is 2.92 bits per heavy atom. The third-order valence-electron chi connectivity index (χ3n) is 5.52. The van der Waals surface area contributed by atoms with E-state index in [9.17, 15) is 9.59 Å². The number of nitrogens with two attached hydrogens (primary N) is 1. The highest BCUT2D eigenvalue weighted by Gasteiger charge is 2.52.